The highest BCUT2D eigenvalue weighted by Crippen LogP contribution is 2.43. The SMILES string of the molecule is CCCC1CCC(Cc2cnc(C)s2)(C(=O)O)CC1. The molecule has 1 aromatic rings. The van der Waals surface area contributed by atoms with E-state index in [1.807, 2.05) is 13.1 Å². The number of aryl methyl sites for hydroxylation is 1. The normalized spacial score (nSPS) is 27.4. The molecule has 106 valence electrons. The number of thiazole rings is 1. The fourth-order valence-electron chi connectivity index (χ4n) is 3.21. The summed E-state index contributed by atoms with van der Waals surface area (Å²) >= 11 is 1.63. The standard InChI is InChI=1S/C15H23NO2S/c1-3-4-12-5-7-15(8-6-12,14(17)18)9-13-10-16-11(2)19-13/h10,12H,3-9H2,1-2H3,(H,17,18). The van der Waals surface area contributed by atoms with Crippen molar-refractivity contribution in [2.75, 3.05) is 0 Å². The van der Waals surface area contributed by atoms with E-state index in [9.17, 15) is 9.90 Å². The van der Waals surface area contributed by atoms with Crippen LogP contribution in [0.1, 0.15) is 55.3 Å². The highest BCUT2D eigenvalue weighted by Gasteiger charge is 2.42. The first kappa shape index (κ1) is 14.5. The molecule has 0 bridgehead atoms. The zero-order chi connectivity index (χ0) is 13.9. The van der Waals surface area contributed by atoms with E-state index in [1.54, 1.807) is 11.3 Å². The third-order valence-corrected chi connectivity index (χ3v) is 5.31. The zero-order valence-electron chi connectivity index (χ0n) is 11.8. The second-order valence-corrected chi connectivity index (χ2v) is 7.16. The van der Waals surface area contributed by atoms with E-state index >= 15 is 0 Å². The molecule has 0 aliphatic heterocycles. The first-order chi connectivity index (χ1) is 9.05. The summed E-state index contributed by atoms with van der Waals surface area (Å²) in [5, 5.41) is 10.7. The molecule has 0 saturated heterocycles. The van der Waals surface area contributed by atoms with Crippen molar-refractivity contribution < 1.29 is 9.90 Å². The predicted molar refractivity (Wildman–Crippen MR) is 77.5 cm³/mol. The lowest BCUT2D eigenvalue weighted by Gasteiger charge is -2.36. The number of carbonyl (C=O) groups is 1. The number of hydrogen-bond acceptors (Lipinski definition) is 3. The van der Waals surface area contributed by atoms with Crippen LogP contribution in [-0.2, 0) is 11.2 Å². The van der Waals surface area contributed by atoms with Gasteiger partial charge in [0.15, 0.2) is 0 Å². The average molecular weight is 281 g/mol. The molecule has 4 heteroatoms. The van der Waals surface area contributed by atoms with Crippen molar-refractivity contribution >= 4 is 17.3 Å². The molecule has 1 N–H and O–H groups in total. The molecule has 1 aromatic heterocycles. The minimum Gasteiger partial charge on any atom is -0.481 e. The molecule has 3 nitrogen and oxygen atoms in total. The van der Waals surface area contributed by atoms with Crippen LogP contribution in [0.2, 0.25) is 0 Å². The molecule has 1 saturated carbocycles. The molecule has 2 rings (SSSR count). The lowest BCUT2D eigenvalue weighted by Crippen LogP contribution is -2.37. The predicted octanol–water partition coefficient (Wildman–Crippen LogP) is 4.06. The smallest absolute Gasteiger partial charge is 0.309 e. The van der Waals surface area contributed by atoms with Gasteiger partial charge in [0, 0.05) is 11.1 Å². The minimum atomic E-state index is -0.617. The largest absolute Gasteiger partial charge is 0.481 e. The first-order valence-corrected chi connectivity index (χ1v) is 8.02. The van der Waals surface area contributed by atoms with Crippen LogP contribution in [0.25, 0.3) is 0 Å². The molecule has 0 amide bonds. The number of carboxylic acid groups (broad SMARTS) is 1. The maximum Gasteiger partial charge on any atom is 0.309 e. The summed E-state index contributed by atoms with van der Waals surface area (Å²) in [5.74, 6) is 0.120. The van der Waals surface area contributed by atoms with Crippen molar-refractivity contribution in [2.24, 2.45) is 11.3 Å². The van der Waals surface area contributed by atoms with Crippen molar-refractivity contribution in [3.63, 3.8) is 0 Å². The molecular formula is C15H23NO2S. The van der Waals surface area contributed by atoms with Crippen LogP contribution in [0.3, 0.4) is 0 Å². The number of aromatic nitrogens is 1. The van der Waals surface area contributed by atoms with Gasteiger partial charge < -0.3 is 5.11 Å². The van der Waals surface area contributed by atoms with E-state index in [2.05, 4.69) is 11.9 Å². The summed E-state index contributed by atoms with van der Waals surface area (Å²) in [7, 11) is 0. The van der Waals surface area contributed by atoms with Gasteiger partial charge in [0.1, 0.15) is 0 Å². The van der Waals surface area contributed by atoms with E-state index < -0.39 is 11.4 Å². The molecule has 0 radical (unpaired) electrons. The Balaban J connectivity index is 2.06. The van der Waals surface area contributed by atoms with Gasteiger partial charge in [-0.2, -0.15) is 0 Å². The lowest BCUT2D eigenvalue weighted by molar-refractivity contribution is -0.151. The average Bonchev–Trinajstić information content (AvgIpc) is 2.77. The van der Waals surface area contributed by atoms with E-state index in [-0.39, 0.29) is 0 Å². The van der Waals surface area contributed by atoms with Crippen LogP contribution >= 0.6 is 11.3 Å². The molecule has 0 spiro atoms. The first-order valence-electron chi connectivity index (χ1n) is 7.20. The van der Waals surface area contributed by atoms with Crippen molar-refractivity contribution in [2.45, 2.75) is 58.8 Å². The van der Waals surface area contributed by atoms with E-state index in [4.69, 9.17) is 0 Å². The van der Waals surface area contributed by atoms with Crippen LogP contribution in [0, 0.1) is 18.3 Å². The molecule has 1 fully saturated rings. The minimum absolute atomic E-state index is 0.538. The van der Waals surface area contributed by atoms with Gasteiger partial charge in [-0.3, -0.25) is 4.79 Å². The van der Waals surface area contributed by atoms with Crippen LogP contribution in [0.5, 0.6) is 0 Å². The van der Waals surface area contributed by atoms with Crippen LogP contribution in [0.4, 0.5) is 0 Å². The van der Waals surface area contributed by atoms with Crippen LogP contribution in [0.15, 0.2) is 6.20 Å². The van der Waals surface area contributed by atoms with Gasteiger partial charge in [0.2, 0.25) is 0 Å². The Morgan fingerprint density at radius 3 is 2.68 bits per heavy atom. The maximum atomic E-state index is 11.7. The third-order valence-electron chi connectivity index (χ3n) is 4.39. The van der Waals surface area contributed by atoms with Crippen molar-refractivity contribution in [3.05, 3.63) is 16.1 Å². The van der Waals surface area contributed by atoms with Crippen molar-refractivity contribution in [1.82, 2.24) is 4.98 Å². The summed E-state index contributed by atoms with van der Waals surface area (Å²) in [6, 6.07) is 0. The highest BCUT2D eigenvalue weighted by molar-refractivity contribution is 7.11. The number of aliphatic carboxylic acids is 1. The molecule has 19 heavy (non-hydrogen) atoms. The quantitative estimate of drug-likeness (QED) is 0.885. The molecular weight excluding hydrogens is 258 g/mol. The van der Waals surface area contributed by atoms with Gasteiger partial charge >= 0.3 is 5.97 Å². The Kier molecular flexibility index (Phi) is 4.61. The lowest BCUT2D eigenvalue weighted by atomic mass is 9.67. The van der Waals surface area contributed by atoms with Crippen LogP contribution < -0.4 is 0 Å². The van der Waals surface area contributed by atoms with Gasteiger partial charge in [-0.15, -0.1) is 11.3 Å². The summed E-state index contributed by atoms with van der Waals surface area (Å²) in [6.07, 6.45) is 8.74. The summed E-state index contributed by atoms with van der Waals surface area (Å²) in [6.45, 7) is 4.18. The highest BCUT2D eigenvalue weighted by atomic mass is 32.1. The third kappa shape index (κ3) is 3.35. The molecule has 1 aliphatic carbocycles. The van der Waals surface area contributed by atoms with Crippen molar-refractivity contribution in [3.8, 4) is 0 Å². The fourth-order valence-corrected chi connectivity index (χ4v) is 4.15. The number of hydrogen-bond donors (Lipinski definition) is 1. The van der Waals surface area contributed by atoms with Gasteiger partial charge in [-0.05, 0) is 44.9 Å². The fraction of sp³-hybridized carbons (Fsp3) is 0.733. The summed E-state index contributed by atoms with van der Waals surface area (Å²) in [5.41, 5.74) is -0.538. The topological polar surface area (TPSA) is 50.2 Å². The Morgan fingerprint density at radius 2 is 2.21 bits per heavy atom. The molecule has 0 atom stereocenters. The maximum absolute atomic E-state index is 11.7. The van der Waals surface area contributed by atoms with Gasteiger partial charge in [0.05, 0.1) is 10.4 Å². The van der Waals surface area contributed by atoms with Gasteiger partial charge in [0.25, 0.3) is 0 Å². The number of carboxylic acids is 1. The number of nitrogens with zero attached hydrogens (tertiary/aromatic N) is 1. The number of rotatable bonds is 5. The zero-order valence-corrected chi connectivity index (χ0v) is 12.6. The summed E-state index contributed by atoms with van der Waals surface area (Å²) in [4.78, 5) is 17.1. The van der Waals surface area contributed by atoms with Crippen LogP contribution in [-0.4, -0.2) is 16.1 Å². The Labute approximate surface area is 119 Å². The summed E-state index contributed by atoms with van der Waals surface area (Å²) < 4.78 is 0. The second-order valence-electron chi connectivity index (χ2n) is 5.84. The Morgan fingerprint density at radius 1 is 1.53 bits per heavy atom. The Bertz CT molecular complexity index is 433. The van der Waals surface area contributed by atoms with Gasteiger partial charge in [-0.25, -0.2) is 4.98 Å². The Hall–Kier alpha value is -0.900. The van der Waals surface area contributed by atoms with E-state index in [0.717, 1.165) is 41.5 Å². The molecule has 0 aromatic carbocycles. The van der Waals surface area contributed by atoms with Crippen molar-refractivity contribution in [1.29, 1.82) is 0 Å². The molecule has 1 heterocycles. The van der Waals surface area contributed by atoms with E-state index in [0.29, 0.717) is 6.42 Å². The molecule has 1 aliphatic rings. The van der Waals surface area contributed by atoms with Gasteiger partial charge in [-0.1, -0.05) is 19.8 Å². The monoisotopic (exact) mass is 281 g/mol. The molecule has 0 unspecified atom stereocenters. The van der Waals surface area contributed by atoms with E-state index in [1.165, 1.54) is 12.8 Å². The second kappa shape index (κ2) is 6.04.